The smallest absolute Gasteiger partial charge is 0.444 e. The van der Waals surface area contributed by atoms with Gasteiger partial charge in [0.2, 0.25) is 0 Å². The molecule has 3 rings (SSSR count). The average molecular weight is 553 g/mol. The first kappa shape index (κ1) is 29.5. The maximum absolute atomic E-state index is 14.7. The van der Waals surface area contributed by atoms with Gasteiger partial charge in [0.1, 0.15) is 17.2 Å². The lowest BCUT2D eigenvalue weighted by atomic mass is 9.77. The highest BCUT2D eigenvalue weighted by Crippen LogP contribution is 2.39. The number of piperidine rings is 2. The highest BCUT2D eigenvalue weighted by atomic mass is 32.2. The first-order valence-corrected chi connectivity index (χ1v) is 13.8. The standard InChI is InChI=1S/C25H36F4N2O5S/c1-23(2,3)35-22(32)30-12-10-18(11-13-30)24(4,5)31-14-8-17(9-15-31)20-7-6-19(16-21(20)26)36-37(33,34)25(27,28)29/h6-7,16-18H,8-15H2,1-5H3. The third kappa shape index (κ3) is 7.07. The second-order valence-corrected chi connectivity index (χ2v) is 12.9. The Morgan fingerprint density at radius 3 is 2.00 bits per heavy atom. The van der Waals surface area contributed by atoms with Crippen LogP contribution in [0, 0.1) is 11.7 Å². The molecule has 2 heterocycles. The molecular formula is C25H36F4N2O5S. The van der Waals surface area contributed by atoms with Crippen LogP contribution in [0.4, 0.5) is 22.4 Å². The molecule has 0 radical (unpaired) electrons. The third-order valence-corrected chi connectivity index (χ3v) is 8.34. The summed E-state index contributed by atoms with van der Waals surface area (Å²) in [6.45, 7) is 12.6. The maximum atomic E-state index is 14.7. The number of hydrogen-bond donors (Lipinski definition) is 0. The Bertz CT molecular complexity index is 1070. The van der Waals surface area contributed by atoms with Crippen LogP contribution in [-0.2, 0) is 14.9 Å². The van der Waals surface area contributed by atoms with Gasteiger partial charge in [-0.3, -0.25) is 4.90 Å². The van der Waals surface area contributed by atoms with E-state index in [0.717, 1.165) is 18.9 Å². The van der Waals surface area contributed by atoms with Crippen molar-refractivity contribution >= 4 is 16.2 Å². The van der Waals surface area contributed by atoms with E-state index in [2.05, 4.69) is 22.9 Å². The number of likely N-dealkylation sites (tertiary alicyclic amines) is 2. The molecule has 2 saturated heterocycles. The zero-order valence-electron chi connectivity index (χ0n) is 21.9. The Hall–Kier alpha value is -2.08. The quantitative estimate of drug-likeness (QED) is 0.267. The molecule has 12 heteroatoms. The van der Waals surface area contributed by atoms with Crippen molar-refractivity contribution in [2.24, 2.45) is 5.92 Å². The van der Waals surface area contributed by atoms with Crippen molar-refractivity contribution in [2.75, 3.05) is 26.2 Å². The van der Waals surface area contributed by atoms with Crippen LogP contribution in [0.25, 0.3) is 0 Å². The van der Waals surface area contributed by atoms with Gasteiger partial charge in [0.15, 0.2) is 0 Å². The summed E-state index contributed by atoms with van der Waals surface area (Å²) < 4.78 is 84.2. The van der Waals surface area contributed by atoms with Gasteiger partial charge in [0.05, 0.1) is 0 Å². The summed E-state index contributed by atoms with van der Waals surface area (Å²) in [5.41, 5.74) is -5.92. The Balaban J connectivity index is 1.56. The number of carbonyl (C=O) groups is 1. The minimum atomic E-state index is -5.86. The van der Waals surface area contributed by atoms with Gasteiger partial charge in [-0.1, -0.05) is 6.07 Å². The number of carbonyl (C=O) groups excluding carboxylic acids is 1. The lowest BCUT2D eigenvalue weighted by molar-refractivity contribution is -0.0500. The van der Waals surface area contributed by atoms with Crippen LogP contribution in [0.5, 0.6) is 5.75 Å². The largest absolute Gasteiger partial charge is 0.534 e. The number of nitrogens with zero attached hydrogens (tertiary/aromatic N) is 2. The first-order chi connectivity index (χ1) is 16.9. The molecule has 2 aliphatic heterocycles. The summed E-state index contributed by atoms with van der Waals surface area (Å²) in [6, 6.07) is 3.04. The van der Waals surface area contributed by atoms with Gasteiger partial charge in [0, 0.05) is 24.7 Å². The van der Waals surface area contributed by atoms with Gasteiger partial charge < -0.3 is 13.8 Å². The second-order valence-electron chi connectivity index (χ2n) is 11.3. The lowest BCUT2D eigenvalue weighted by Gasteiger charge is -2.49. The van der Waals surface area contributed by atoms with E-state index in [9.17, 15) is 30.8 Å². The number of benzene rings is 1. The second kappa shape index (κ2) is 10.6. The van der Waals surface area contributed by atoms with E-state index in [-0.39, 0.29) is 17.6 Å². The fraction of sp³-hybridized carbons (Fsp3) is 0.720. The Morgan fingerprint density at radius 1 is 0.946 bits per heavy atom. The van der Waals surface area contributed by atoms with Crippen molar-refractivity contribution in [1.82, 2.24) is 9.80 Å². The number of amides is 1. The Kier molecular flexibility index (Phi) is 8.44. The van der Waals surface area contributed by atoms with Crippen molar-refractivity contribution in [3.63, 3.8) is 0 Å². The molecule has 1 aromatic carbocycles. The minimum Gasteiger partial charge on any atom is -0.444 e. The van der Waals surface area contributed by atoms with Crippen LogP contribution in [0.1, 0.15) is 71.8 Å². The SMILES string of the molecule is CC(C)(C)OC(=O)N1CCC(C(C)(C)N2CCC(c3ccc(OS(=O)(=O)C(F)(F)F)cc3F)CC2)CC1. The topological polar surface area (TPSA) is 76.2 Å². The molecular weight excluding hydrogens is 516 g/mol. The summed E-state index contributed by atoms with van der Waals surface area (Å²) in [4.78, 5) is 16.5. The van der Waals surface area contributed by atoms with Crippen LogP contribution in [0.15, 0.2) is 18.2 Å². The minimum absolute atomic E-state index is 0.132. The van der Waals surface area contributed by atoms with Crippen LogP contribution < -0.4 is 4.18 Å². The first-order valence-electron chi connectivity index (χ1n) is 12.4. The molecule has 1 amide bonds. The van der Waals surface area contributed by atoms with Crippen LogP contribution >= 0.6 is 0 Å². The van der Waals surface area contributed by atoms with E-state index in [1.54, 1.807) is 4.90 Å². The van der Waals surface area contributed by atoms with Crippen LogP contribution in [0.2, 0.25) is 0 Å². The summed E-state index contributed by atoms with van der Waals surface area (Å²) in [7, 11) is -5.86. The predicted molar refractivity (Wildman–Crippen MR) is 130 cm³/mol. The molecule has 2 aliphatic rings. The molecule has 0 atom stereocenters. The number of hydrogen-bond acceptors (Lipinski definition) is 6. The van der Waals surface area contributed by atoms with Crippen molar-refractivity contribution in [2.45, 2.75) is 82.9 Å². The number of alkyl halides is 3. The van der Waals surface area contributed by atoms with E-state index in [1.807, 2.05) is 20.8 Å². The summed E-state index contributed by atoms with van der Waals surface area (Å²) >= 11 is 0. The fourth-order valence-electron chi connectivity index (χ4n) is 5.18. The molecule has 0 N–H and O–H groups in total. The highest BCUT2D eigenvalue weighted by molar-refractivity contribution is 7.88. The predicted octanol–water partition coefficient (Wildman–Crippen LogP) is 5.66. The molecule has 0 spiro atoms. The van der Waals surface area contributed by atoms with Crippen molar-refractivity contribution in [3.05, 3.63) is 29.6 Å². The van der Waals surface area contributed by atoms with Gasteiger partial charge in [-0.25, -0.2) is 9.18 Å². The van der Waals surface area contributed by atoms with E-state index in [4.69, 9.17) is 4.74 Å². The molecule has 0 unspecified atom stereocenters. The molecule has 0 bridgehead atoms. The van der Waals surface area contributed by atoms with Crippen molar-refractivity contribution in [1.29, 1.82) is 0 Å². The van der Waals surface area contributed by atoms with E-state index in [0.29, 0.717) is 56.6 Å². The third-order valence-electron chi connectivity index (χ3n) is 7.36. The lowest BCUT2D eigenvalue weighted by Crippen LogP contribution is -2.55. The van der Waals surface area contributed by atoms with Crippen LogP contribution in [-0.4, -0.2) is 67.1 Å². The Morgan fingerprint density at radius 2 is 1.51 bits per heavy atom. The van der Waals surface area contributed by atoms with Gasteiger partial charge in [-0.05, 0) is 96.9 Å². The Labute approximate surface area is 216 Å². The molecule has 2 fully saturated rings. The number of halogens is 4. The van der Waals surface area contributed by atoms with E-state index < -0.39 is 32.8 Å². The average Bonchev–Trinajstić information content (AvgIpc) is 2.77. The molecule has 210 valence electrons. The molecule has 0 aliphatic carbocycles. The number of ether oxygens (including phenoxy) is 1. The molecule has 0 aromatic heterocycles. The van der Waals surface area contributed by atoms with Gasteiger partial charge in [-0.2, -0.15) is 21.6 Å². The zero-order chi connectivity index (χ0) is 27.8. The van der Waals surface area contributed by atoms with Gasteiger partial charge in [0.25, 0.3) is 0 Å². The number of rotatable bonds is 5. The normalized spacial score (nSPS) is 19.6. The van der Waals surface area contributed by atoms with E-state index >= 15 is 0 Å². The molecule has 37 heavy (non-hydrogen) atoms. The van der Waals surface area contributed by atoms with Crippen molar-refractivity contribution in [3.8, 4) is 5.75 Å². The van der Waals surface area contributed by atoms with Crippen LogP contribution in [0.3, 0.4) is 0 Å². The van der Waals surface area contributed by atoms with Gasteiger partial charge in [-0.15, -0.1) is 0 Å². The maximum Gasteiger partial charge on any atom is 0.534 e. The summed E-state index contributed by atoms with van der Waals surface area (Å²) in [5, 5.41) is 0. The molecule has 7 nitrogen and oxygen atoms in total. The molecule has 1 aromatic rings. The molecule has 0 saturated carbocycles. The zero-order valence-corrected chi connectivity index (χ0v) is 22.7. The fourth-order valence-corrected chi connectivity index (χ4v) is 5.64. The highest BCUT2D eigenvalue weighted by Gasteiger charge is 2.48. The summed E-state index contributed by atoms with van der Waals surface area (Å²) in [6.07, 6.45) is 2.71. The van der Waals surface area contributed by atoms with Gasteiger partial charge >= 0.3 is 21.7 Å². The van der Waals surface area contributed by atoms with Crippen molar-refractivity contribution < 1.29 is 39.7 Å². The summed E-state index contributed by atoms with van der Waals surface area (Å²) in [5.74, 6) is -1.28. The monoisotopic (exact) mass is 552 g/mol. The van der Waals surface area contributed by atoms with E-state index in [1.165, 1.54) is 6.07 Å².